The predicted molar refractivity (Wildman–Crippen MR) is 134 cm³/mol. The molecule has 0 bridgehead atoms. The number of benzene rings is 2. The minimum absolute atomic E-state index is 0.0265. The third-order valence-electron chi connectivity index (χ3n) is 7.70. The van der Waals surface area contributed by atoms with Crippen LogP contribution in [-0.2, 0) is 16.6 Å². The van der Waals surface area contributed by atoms with Gasteiger partial charge in [-0.3, -0.25) is 0 Å². The van der Waals surface area contributed by atoms with E-state index in [9.17, 15) is 4.79 Å². The fourth-order valence-corrected chi connectivity index (χ4v) is 5.91. The van der Waals surface area contributed by atoms with Crippen molar-refractivity contribution in [1.82, 2.24) is 19.9 Å². The van der Waals surface area contributed by atoms with Crippen LogP contribution < -0.4 is 0 Å². The SMILES string of the molecule is [C-]#[N+]C1=C[C@@]2(C)c3nc(-c4ncnc5ccccc45)nc(-c4ccccc4F)c3CC[C@@H]2[C@@H](C)C1=O. The Labute approximate surface area is 207 Å². The zero-order valence-electron chi connectivity index (χ0n) is 19.9. The van der Waals surface area contributed by atoms with E-state index in [1.807, 2.05) is 38.1 Å². The van der Waals surface area contributed by atoms with E-state index in [0.29, 0.717) is 29.2 Å². The molecule has 4 aromatic rings. The second-order valence-corrected chi connectivity index (χ2v) is 9.66. The maximum Gasteiger partial charge on any atom is 0.226 e. The highest BCUT2D eigenvalue weighted by atomic mass is 19.1. The lowest BCUT2D eigenvalue weighted by Crippen LogP contribution is -2.46. The number of hydrogen-bond donors (Lipinski definition) is 0. The number of ketones is 1. The summed E-state index contributed by atoms with van der Waals surface area (Å²) in [5, 5.41) is 0.793. The molecule has 0 saturated carbocycles. The highest BCUT2D eigenvalue weighted by Crippen LogP contribution is 2.51. The summed E-state index contributed by atoms with van der Waals surface area (Å²) in [7, 11) is 0. The van der Waals surface area contributed by atoms with Gasteiger partial charge in [-0.15, -0.1) is 0 Å². The Morgan fingerprint density at radius 2 is 1.83 bits per heavy atom. The number of aromatic nitrogens is 4. The van der Waals surface area contributed by atoms with E-state index in [1.54, 1.807) is 24.3 Å². The molecule has 6 rings (SSSR count). The molecule has 3 atom stereocenters. The Morgan fingerprint density at radius 1 is 1.06 bits per heavy atom. The summed E-state index contributed by atoms with van der Waals surface area (Å²) in [5.74, 6) is -0.460. The zero-order valence-corrected chi connectivity index (χ0v) is 19.9. The van der Waals surface area contributed by atoms with Crippen LogP contribution in [0.4, 0.5) is 4.39 Å². The first-order valence-corrected chi connectivity index (χ1v) is 11.9. The van der Waals surface area contributed by atoms with Crippen LogP contribution in [0.25, 0.3) is 38.5 Å². The van der Waals surface area contributed by atoms with Gasteiger partial charge in [0.1, 0.15) is 17.8 Å². The van der Waals surface area contributed by atoms with E-state index < -0.39 is 5.41 Å². The van der Waals surface area contributed by atoms with Gasteiger partial charge >= 0.3 is 0 Å². The second kappa shape index (κ2) is 8.13. The first-order valence-electron chi connectivity index (χ1n) is 11.9. The third kappa shape index (κ3) is 3.18. The molecule has 6 nitrogen and oxygen atoms in total. The molecule has 0 radical (unpaired) electrons. The normalized spacial score (nSPS) is 22.9. The van der Waals surface area contributed by atoms with Gasteiger partial charge in [-0.05, 0) is 37.0 Å². The average Bonchev–Trinajstić information content (AvgIpc) is 2.90. The molecule has 2 heterocycles. The number of fused-ring (bicyclic) bond motifs is 4. The topological polar surface area (TPSA) is 73.0 Å². The number of Topliss-reactive ketones (excluding diaryl/α,β-unsaturated/α-hetero) is 1. The van der Waals surface area contributed by atoms with Crippen molar-refractivity contribution in [3.05, 3.63) is 95.1 Å². The molecule has 176 valence electrons. The van der Waals surface area contributed by atoms with Crippen LogP contribution in [0.3, 0.4) is 0 Å². The molecule has 2 aromatic heterocycles. The zero-order chi connectivity index (χ0) is 25.0. The molecule has 0 spiro atoms. The van der Waals surface area contributed by atoms with E-state index >= 15 is 4.39 Å². The standard InChI is InChI=1S/C29H22FN5O/c1-16-20-13-12-19-24(17-8-4-6-10-21(17)30)34-28(25-18-9-5-7-11-22(18)32-15-33-25)35-27(19)29(20,2)14-23(31-3)26(16)36/h4-11,14-16,20H,12-13H2,1-2H3/t16-,20-,29-/m1/s1. The molecule has 0 unspecified atom stereocenters. The monoisotopic (exact) mass is 475 g/mol. The number of para-hydroxylation sites is 1. The van der Waals surface area contributed by atoms with Crippen LogP contribution >= 0.6 is 0 Å². The van der Waals surface area contributed by atoms with Crippen LogP contribution in [0.2, 0.25) is 0 Å². The number of carbonyl (C=O) groups excluding carboxylic acids is 1. The minimum Gasteiger partial charge on any atom is -0.308 e. The average molecular weight is 476 g/mol. The van der Waals surface area contributed by atoms with Gasteiger partial charge in [-0.2, -0.15) is 0 Å². The summed E-state index contributed by atoms with van der Waals surface area (Å²) in [6, 6.07) is 14.2. The van der Waals surface area contributed by atoms with Crippen molar-refractivity contribution >= 4 is 16.7 Å². The summed E-state index contributed by atoms with van der Waals surface area (Å²) >= 11 is 0. The Balaban J connectivity index is 1.70. The van der Waals surface area contributed by atoms with Gasteiger partial charge in [-0.25, -0.2) is 29.2 Å². The van der Waals surface area contributed by atoms with E-state index in [1.165, 1.54) is 12.4 Å². The van der Waals surface area contributed by atoms with Gasteiger partial charge in [0.25, 0.3) is 0 Å². The van der Waals surface area contributed by atoms with Gasteiger partial charge in [0.15, 0.2) is 11.6 Å². The number of carbonyl (C=O) groups is 1. The highest BCUT2D eigenvalue weighted by molar-refractivity contribution is 6.00. The van der Waals surface area contributed by atoms with Crippen molar-refractivity contribution in [3.63, 3.8) is 0 Å². The number of rotatable bonds is 2. The molecule has 2 aliphatic rings. The Bertz CT molecular complexity index is 1630. The fraction of sp³-hybridized carbons (Fsp3) is 0.241. The lowest BCUT2D eigenvalue weighted by atomic mass is 9.58. The molecular formula is C29H22FN5O. The maximum absolute atomic E-state index is 15.1. The van der Waals surface area contributed by atoms with Crippen molar-refractivity contribution in [2.75, 3.05) is 0 Å². The fourth-order valence-electron chi connectivity index (χ4n) is 5.91. The lowest BCUT2D eigenvalue weighted by Gasteiger charge is -2.46. The number of nitrogens with zero attached hydrogens (tertiary/aromatic N) is 5. The third-order valence-corrected chi connectivity index (χ3v) is 7.70. The van der Waals surface area contributed by atoms with Crippen molar-refractivity contribution in [3.8, 4) is 22.8 Å². The number of halogens is 1. The Morgan fingerprint density at radius 3 is 2.64 bits per heavy atom. The van der Waals surface area contributed by atoms with Gasteiger partial charge in [0, 0.05) is 27.8 Å². The summed E-state index contributed by atoms with van der Waals surface area (Å²) in [6.07, 6.45) is 4.58. The lowest BCUT2D eigenvalue weighted by molar-refractivity contribution is -0.121. The van der Waals surface area contributed by atoms with Crippen molar-refractivity contribution in [2.24, 2.45) is 11.8 Å². The predicted octanol–water partition coefficient (Wildman–Crippen LogP) is 5.73. The van der Waals surface area contributed by atoms with E-state index in [0.717, 1.165) is 28.6 Å². The Hall–Kier alpha value is -4.31. The van der Waals surface area contributed by atoms with Crippen LogP contribution in [0.15, 0.2) is 66.6 Å². The highest BCUT2D eigenvalue weighted by Gasteiger charge is 2.49. The largest absolute Gasteiger partial charge is 0.308 e. The summed E-state index contributed by atoms with van der Waals surface area (Å²) < 4.78 is 15.1. The summed E-state index contributed by atoms with van der Waals surface area (Å²) in [6.45, 7) is 11.5. The maximum atomic E-state index is 15.1. The molecular weight excluding hydrogens is 453 g/mol. The van der Waals surface area contributed by atoms with Crippen LogP contribution in [-0.4, -0.2) is 25.7 Å². The van der Waals surface area contributed by atoms with Crippen LogP contribution in [0.1, 0.15) is 31.5 Å². The summed E-state index contributed by atoms with van der Waals surface area (Å²) in [5.41, 5.74) is 3.27. The quantitative estimate of drug-likeness (QED) is 0.346. The first-order chi connectivity index (χ1) is 17.4. The minimum atomic E-state index is -0.679. The molecule has 0 N–H and O–H groups in total. The van der Waals surface area contributed by atoms with Crippen LogP contribution in [0, 0.1) is 24.2 Å². The molecule has 2 aromatic carbocycles. The molecule has 0 aliphatic heterocycles. The molecule has 36 heavy (non-hydrogen) atoms. The molecule has 2 aliphatic carbocycles. The number of allylic oxidation sites excluding steroid dienone is 2. The molecule has 0 saturated heterocycles. The van der Waals surface area contributed by atoms with E-state index in [4.69, 9.17) is 16.5 Å². The van der Waals surface area contributed by atoms with Gasteiger partial charge in [0.2, 0.25) is 5.70 Å². The van der Waals surface area contributed by atoms with Crippen molar-refractivity contribution < 1.29 is 9.18 Å². The van der Waals surface area contributed by atoms with E-state index in [-0.39, 0.29) is 29.1 Å². The van der Waals surface area contributed by atoms with Gasteiger partial charge < -0.3 is 4.79 Å². The molecule has 7 heteroatoms. The Kier molecular flexibility index (Phi) is 5.01. The summed E-state index contributed by atoms with van der Waals surface area (Å²) in [4.78, 5) is 35.2. The second-order valence-electron chi connectivity index (χ2n) is 9.66. The van der Waals surface area contributed by atoms with Gasteiger partial charge in [-0.1, -0.05) is 50.3 Å². The van der Waals surface area contributed by atoms with Crippen LogP contribution in [0.5, 0.6) is 0 Å². The smallest absolute Gasteiger partial charge is 0.226 e. The number of hydrogen-bond acceptors (Lipinski definition) is 5. The van der Waals surface area contributed by atoms with Crippen molar-refractivity contribution in [1.29, 1.82) is 0 Å². The van der Waals surface area contributed by atoms with E-state index in [2.05, 4.69) is 14.8 Å². The first kappa shape index (κ1) is 22.2. The van der Waals surface area contributed by atoms with Crippen molar-refractivity contribution in [2.45, 2.75) is 32.1 Å². The van der Waals surface area contributed by atoms with Gasteiger partial charge in [0.05, 0.1) is 23.5 Å². The molecule has 0 fully saturated rings. The molecule has 0 amide bonds.